The van der Waals surface area contributed by atoms with Gasteiger partial charge in [-0.2, -0.15) is 0 Å². The third-order valence-corrected chi connectivity index (χ3v) is 4.00. The molecule has 2 aromatic rings. The molecule has 3 rings (SSSR count). The van der Waals surface area contributed by atoms with E-state index in [2.05, 4.69) is 35.0 Å². The van der Waals surface area contributed by atoms with Crippen LogP contribution in [-0.4, -0.2) is 18.1 Å². The first-order chi connectivity index (χ1) is 8.72. The van der Waals surface area contributed by atoms with Gasteiger partial charge in [0.05, 0.1) is 5.52 Å². The molecule has 18 heavy (non-hydrogen) atoms. The molecule has 0 N–H and O–H groups in total. The topological polar surface area (TPSA) is 16.1 Å². The molecular formula is C15H17ClN2. The third-order valence-electron chi connectivity index (χ3n) is 3.79. The highest BCUT2D eigenvalue weighted by molar-refractivity contribution is 6.29. The van der Waals surface area contributed by atoms with Gasteiger partial charge in [-0.15, -0.1) is 0 Å². The first-order valence-corrected chi connectivity index (χ1v) is 6.91. The molecule has 0 bridgehead atoms. The Bertz CT molecular complexity index is 559. The van der Waals surface area contributed by atoms with E-state index in [9.17, 15) is 0 Å². The third kappa shape index (κ3) is 2.30. The molecule has 0 spiro atoms. The minimum Gasteiger partial charge on any atom is -0.371 e. The average molecular weight is 261 g/mol. The molecule has 1 aromatic carbocycles. The lowest BCUT2D eigenvalue weighted by Crippen LogP contribution is -2.32. The molecule has 2 heterocycles. The highest BCUT2D eigenvalue weighted by Crippen LogP contribution is 2.26. The van der Waals surface area contributed by atoms with E-state index in [0.717, 1.165) is 29.9 Å². The summed E-state index contributed by atoms with van der Waals surface area (Å²) in [5.41, 5.74) is 2.27. The molecule has 94 valence electrons. The van der Waals surface area contributed by atoms with Crippen LogP contribution in [0.25, 0.3) is 10.9 Å². The molecule has 1 saturated heterocycles. The summed E-state index contributed by atoms with van der Waals surface area (Å²) in [6, 6.07) is 10.3. The summed E-state index contributed by atoms with van der Waals surface area (Å²) in [6.07, 6.45) is 2.58. The molecule has 1 aliphatic rings. The van der Waals surface area contributed by atoms with Crippen LogP contribution in [-0.2, 0) is 0 Å². The van der Waals surface area contributed by atoms with Crippen molar-refractivity contribution in [3.8, 4) is 0 Å². The van der Waals surface area contributed by atoms with Crippen molar-refractivity contribution >= 4 is 28.2 Å². The Morgan fingerprint density at radius 3 is 2.72 bits per heavy atom. The number of hydrogen-bond acceptors (Lipinski definition) is 2. The monoisotopic (exact) mass is 260 g/mol. The number of aromatic nitrogens is 1. The van der Waals surface area contributed by atoms with Gasteiger partial charge in [-0.3, -0.25) is 0 Å². The normalized spacial score (nSPS) is 17.3. The largest absolute Gasteiger partial charge is 0.371 e. The fourth-order valence-electron chi connectivity index (χ4n) is 2.55. The second-order valence-electron chi connectivity index (χ2n) is 5.18. The van der Waals surface area contributed by atoms with Gasteiger partial charge in [0.25, 0.3) is 0 Å². The van der Waals surface area contributed by atoms with Gasteiger partial charge in [0.2, 0.25) is 0 Å². The second-order valence-corrected chi connectivity index (χ2v) is 5.57. The van der Waals surface area contributed by atoms with E-state index in [1.54, 1.807) is 0 Å². The maximum Gasteiger partial charge on any atom is 0.129 e. The Labute approximate surface area is 113 Å². The molecule has 0 saturated carbocycles. The van der Waals surface area contributed by atoms with Crippen LogP contribution < -0.4 is 4.90 Å². The molecule has 3 heteroatoms. The van der Waals surface area contributed by atoms with Crippen LogP contribution in [0.1, 0.15) is 19.8 Å². The van der Waals surface area contributed by atoms with Crippen LogP contribution in [0.15, 0.2) is 30.3 Å². The van der Waals surface area contributed by atoms with Crippen molar-refractivity contribution in [3.63, 3.8) is 0 Å². The Morgan fingerprint density at radius 2 is 1.94 bits per heavy atom. The van der Waals surface area contributed by atoms with Gasteiger partial charge in [-0.05, 0) is 49.1 Å². The van der Waals surface area contributed by atoms with Crippen molar-refractivity contribution in [2.75, 3.05) is 18.0 Å². The lowest BCUT2D eigenvalue weighted by atomic mass is 9.98. The number of rotatable bonds is 1. The molecule has 0 amide bonds. The number of pyridine rings is 1. The number of halogens is 1. The van der Waals surface area contributed by atoms with E-state index >= 15 is 0 Å². The van der Waals surface area contributed by atoms with E-state index < -0.39 is 0 Å². The Balaban J connectivity index is 1.91. The van der Waals surface area contributed by atoms with Crippen molar-refractivity contribution < 1.29 is 0 Å². The van der Waals surface area contributed by atoms with E-state index in [1.807, 2.05) is 12.1 Å². The van der Waals surface area contributed by atoms with E-state index in [0.29, 0.717) is 5.15 Å². The van der Waals surface area contributed by atoms with Crippen molar-refractivity contribution in [3.05, 3.63) is 35.5 Å². The summed E-state index contributed by atoms with van der Waals surface area (Å²) in [4.78, 5) is 6.79. The van der Waals surface area contributed by atoms with Gasteiger partial charge in [0, 0.05) is 24.2 Å². The van der Waals surface area contributed by atoms with Crippen LogP contribution in [0.2, 0.25) is 5.15 Å². The number of nitrogens with zero attached hydrogens (tertiary/aromatic N) is 2. The smallest absolute Gasteiger partial charge is 0.129 e. The lowest BCUT2D eigenvalue weighted by Gasteiger charge is -2.32. The van der Waals surface area contributed by atoms with Crippen LogP contribution >= 0.6 is 11.6 Å². The van der Waals surface area contributed by atoms with Gasteiger partial charge in [-0.1, -0.05) is 18.5 Å². The van der Waals surface area contributed by atoms with Crippen molar-refractivity contribution in [1.29, 1.82) is 0 Å². The Morgan fingerprint density at radius 1 is 1.17 bits per heavy atom. The quantitative estimate of drug-likeness (QED) is 0.717. The van der Waals surface area contributed by atoms with E-state index in [4.69, 9.17) is 11.6 Å². The summed E-state index contributed by atoms with van der Waals surface area (Å²) >= 11 is 5.90. The number of anilines is 1. The van der Waals surface area contributed by atoms with Gasteiger partial charge in [0.15, 0.2) is 0 Å². The highest BCUT2D eigenvalue weighted by Gasteiger charge is 2.16. The van der Waals surface area contributed by atoms with Gasteiger partial charge in [0.1, 0.15) is 5.15 Å². The van der Waals surface area contributed by atoms with Crippen molar-refractivity contribution in [2.24, 2.45) is 5.92 Å². The van der Waals surface area contributed by atoms with Crippen LogP contribution in [0.5, 0.6) is 0 Å². The molecule has 1 aliphatic heterocycles. The van der Waals surface area contributed by atoms with Crippen LogP contribution in [0.3, 0.4) is 0 Å². The van der Waals surface area contributed by atoms with Gasteiger partial charge >= 0.3 is 0 Å². The average Bonchev–Trinajstić information content (AvgIpc) is 2.39. The molecule has 0 unspecified atom stereocenters. The number of fused-ring (bicyclic) bond motifs is 1. The Hall–Kier alpha value is -1.28. The summed E-state index contributed by atoms with van der Waals surface area (Å²) in [5, 5.41) is 1.72. The van der Waals surface area contributed by atoms with Gasteiger partial charge < -0.3 is 4.90 Å². The van der Waals surface area contributed by atoms with Gasteiger partial charge in [-0.25, -0.2) is 4.98 Å². The lowest BCUT2D eigenvalue weighted by molar-refractivity contribution is 0.438. The van der Waals surface area contributed by atoms with Crippen molar-refractivity contribution in [2.45, 2.75) is 19.8 Å². The fraction of sp³-hybridized carbons (Fsp3) is 0.400. The molecular weight excluding hydrogens is 244 g/mol. The highest BCUT2D eigenvalue weighted by atomic mass is 35.5. The summed E-state index contributed by atoms with van der Waals surface area (Å²) < 4.78 is 0. The second kappa shape index (κ2) is 4.77. The van der Waals surface area contributed by atoms with Crippen molar-refractivity contribution in [1.82, 2.24) is 4.98 Å². The summed E-state index contributed by atoms with van der Waals surface area (Å²) in [5.74, 6) is 0.863. The Kier molecular flexibility index (Phi) is 3.13. The van der Waals surface area contributed by atoms with E-state index in [-0.39, 0.29) is 0 Å². The standard InChI is InChI=1S/C15H17ClN2/c1-11-6-8-18(9-7-11)13-3-4-14-12(10-13)2-5-15(16)17-14/h2-5,10-11H,6-9H2,1H3. The SMILES string of the molecule is CC1CCN(c2ccc3nc(Cl)ccc3c2)CC1. The molecule has 0 aliphatic carbocycles. The predicted molar refractivity (Wildman–Crippen MR) is 77.4 cm³/mol. The maximum absolute atomic E-state index is 5.90. The molecule has 2 nitrogen and oxygen atoms in total. The summed E-state index contributed by atoms with van der Waals surface area (Å²) in [6.45, 7) is 4.66. The number of hydrogen-bond donors (Lipinski definition) is 0. The number of piperidine rings is 1. The zero-order valence-corrected chi connectivity index (χ0v) is 11.3. The van der Waals surface area contributed by atoms with Crippen LogP contribution in [0.4, 0.5) is 5.69 Å². The minimum atomic E-state index is 0.557. The minimum absolute atomic E-state index is 0.557. The first kappa shape index (κ1) is 11.8. The molecule has 0 atom stereocenters. The molecule has 1 fully saturated rings. The predicted octanol–water partition coefficient (Wildman–Crippen LogP) is 4.12. The zero-order valence-electron chi connectivity index (χ0n) is 10.6. The summed E-state index contributed by atoms with van der Waals surface area (Å²) in [7, 11) is 0. The molecule has 0 radical (unpaired) electrons. The zero-order chi connectivity index (χ0) is 12.5. The maximum atomic E-state index is 5.90. The van der Waals surface area contributed by atoms with E-state index in [1.165, 1.54) is 18.5 Å². The fourth-order valence-corrected chi connectivity index (χ4v) is 2.71. The molecule has 1 aromatic heterocycles. The number of benzene rings is 1. The van der Waals surface area contributed by atoms with Crippen LogP contribution in [0, 0.1) is 5.92 Å². The first-order valence-electron chi connectivity index (χ1n) is 6.53.